The molecule has 1 unspecified atom stereocenters. The normalized spacial score (nSPS) is 50.4. The van der Waals surface area contributed by atoms with E-state index in [9.17, 15) is 24.4 Å². The van der Waals surface area contributed by atoms with Gasteiger partial charge in [-0.3, -0.25) is 14.1 Å². The second kappa shape index (κ2) is 7.75. The number of phosphoric ester groups is 1. The van der Waals surface area contributed by atoms with E-state index in [4.69, 9.17) is 14.5 Å². The average Bonchev–Trinajstić information content (AvgIpc) is 2.94. The zero-order valence-corrected chi connectivity index (χ0v) is 20.8. The van der Waals surface area contributed by atoms with Gasteiger partial charge in [-0.05, 0) is 43.6 Å². The van der Waals surface area contributed by atoms with Crippen LogP contribution in [0.1, 0.15) is 52.9 Å². The highest BCUT2D eigenvalue weighted by atomic mass is 31.2. The second-order valence-corrected chi connectivity index (χ2v) is 12.4. The SMILES string of the molecule is CO[C@H]1C[C@@]2(C)[C@@H](C[C@@H](C)[C@]2(O)C(=O)COP(=O)(O)O)[C@@H]2CCC3(O)CC(=O)C=C[C@]3(C)[C@@]12F. The maximum atomic E-state index is 17.5. The molecule has 0 amide bonds. The van der Waals surface area contributed by atoms with Crippen LogP contribution < -0.4 is 0 Å². The van der Waals surface area contributed by atoms with Crippen molar-refractivity contribution in [3.8, 4) is 0 Å². The average molecular weight is 504 g/mol. The maximum absolute atomic E-state index is 17.5. The number of halogens is 1. The first kappa shape index (κ1) is 26.1. The molecule has 11 heteroatoms. The molecular weight excluding hydrogens is 470 g/mol. The molecule has 0 spiro atoms. The molecule has 4 N–H and O–H groups in total. The summed E-state index contributed by atoms with van der Waals surface area (Å²) in [5.74, 6) is -2.93. The molecule has 34 heavy (non-hydrogen) atoms. The predicted octanol–water partition coefficient (Wildman–Crippen LogP) is 1.86. The number of carbonyl (C=O) groups is 2. The number of phosphoric acid groups is 1. The first-order valence-electron chi connectivity index (χ1n) is 11.6. The number of fused-ring (bicyclic) bond motifs is 5. The van der Waals surface area contributed by atoms with Gasteiger partial charge in [0.2, 0.25) is 0 Å². The Morgan fingerprint density at radius 2 is 1.91 bits per heavy atom. The highest BCUT2D eigenvalue weighted by Gasteiger charge is 2.78. The van der Waals surface area contributed by atoms with Gasteiger partial charge < -0.3 is 24.7 Å². The van der Waals surface area contributed by atoms with Gasteiger partial charge in [-0.15, -0.1) is 0 Å². The molecule has 9 nitrogen and oxygen atoms in total. The largest absolute Gasteiger partial charge is 0.470 e. The van der Waals surface area contributed by atoms with Crippen LogP contribution in [0.5, 0.6) is 0 Å². The molecule has 3 fully saturated rings. The van der Waals surface area contributed by atoms with E-state index in [-0.39, 0.29) is 31.5 Å². The minimum Gasteiger partial charge on any atom is -0.388 e. The van der Waals surface area contributed by atoms with Crippen LogP contribution in [0, 0.1) is 28.6 Å². The van der Waals surface area contributed by atoms with Crippen molar-refractivity contribution < 1.29 is 47.8 Å². The zero-order chi connectivity index (χ0) is 25.5. The summed E-state index contributed by atoms with van der Waals surface area (Å²) in [5.41, 5.74) is -8.26. The molecule has 0 aromatic heterocycles. The summed E-state index contributed by atoms with van der Waals surface area (Å²) in [6.45, 7) is 4.01. The van der Waals surface area contributed by atoms with E-state index in [0.717, 1.165) is 0 Å². The van der Waals surface area contributed by atoms with Gasteiger partial charge >= 0.3 is 7.82 Å². The number of hydrogen-bond acceptors (Lipinski definition) is 7. The topological polar surface area (TPSA) is 151 Å². The number of aliphatic hydroxyl groups is 2. The lowest BCUT2D eigenvalue weighted by Crippen LogP contribution is -2.75. The summed E-state index contributed by atoms with van der Waals surface area (Å²) >= 11 is 0. The van der Waals surface area contributed by atoms with E-state index in [1.165, 1.54) is 19.3 Å². The summed E-state index contributed by atoms with van der Waals surface area (Å²) in [6.07, 6.45) is 2.14. The lowest BCUT2D eigenvalue weighted by atomic mass is 9.41. The van der Waals surface area contributed by atoms with Crippen molar-refractivity contribution in [3.05, 3.63) is 12.2 Å². The molecular formula is C23H34FO9P. The molecule has 0 aromatic carbocycles. The third-order valence-electron chi connectivity index (χ3n) is 9.89. The molecule has 4 aliphatic rings. The molecule has 0 saturated heterocycles. The van der Waals surface area contributed by atoms with E-state index in [2.05, 4.69) is 4.52 Å². The Morgan fingerprint density at radius 3 is 2.50 bits per heavy atom. The summed E-state index contributed by atoms with van der Waals surface area (Å²) in [6, 6.07) is 0. The minimum atomic E-state index is -4.94. The number of ether oxygens (including phenoxy) is 1. The first-order valence-corrected chi connectivity index (χ1v) is 13.1. The quantitative estimate of drug-likeness (QED) is 0.411. The molecule has 9 atom stereocenters. The summed E-state index contributed by atoms with van der Waals surface area (Å²) in [7, 11) is -3.59. The number of allylic oxidation sites excluding steroid dienone is 1. The number of carbonyl (C=O) groups excluding carboxylic acids is 2. The molecule has 0 heterocycles. The Kier molecular flexibility index (Phi) is 5.94. The number of rotatable bonds is 5. The summed E-state index contributed by atoms with van der Waals surface area (Å²) < 4.78 is 38.8. The number of ketones is 2. The standard InChI is InChI=1S/C23H34FO9P/c1-13-9-16-15-6-8-21(27)10-14(25)5-7-20(21,3)22(15,24)18(32-4)11-19(16,2)23(13,28)17(26)12-33-34(29,30)31/h5,7,13,15-16,18,27-28H,6,8-12H2,1-4H3,(H2,29,30,31)/t13-,15+,16+,18+,19+,20+,21?,22+,23+/m1/s1. The Bertz CT molecular complexity index is 981. The number of hydrogen-bond donors (Lipinski definition) is 4. The van der Waals surface area contributed by atoms with Crippen LogP contribution in [0.15, 0.2) is 12.2 Å². The Labute approximate surface area is 197 Å². The highest BCUT2D eigenvalue weighted by Crippen LogP contribution is 2.72. The van der Waals surface area contributed by atoms with Gasteiger partial charge in [0.15, 0.2) is 17.2 Å². The fourth-order valence-electron chi connectivity index (χ4n) is 8.04. The van der Waals surface area contributed by atoms with Crippen LogP contribution in [0.4, 0.5) is 4.39 Å². The van der Waals surface area contributed by atoms with Crippen molar-refractivity contribution >= 4 is 19.4 Å². The van der Waals surface area contributed by atoms with Gasteiger partial charge in [-0.1, -0.05) is 26.8 Å². The van der Waals surface area contributed by atoms with Gasteiger partial charge in [0, 0.05) is 24.9 Å². The lowest BCUT2D eigenvalue weighted by Gasteiger charge is -2.66. The second-order valence-electron chi connectivity index (χ2n) is 11.2. The van der Waals surface area contributed by atoms with Crippen LogP contribution in [0.25, 0.3) is 0 Å². The first-order chi connectivity index (χ1) is 15.5. The van der Waals surface area contributed by atoms with Crippen molar-refractivity contribution in [2.75, 3.05) is 13.7 Å². The van der Waals surface area contributed by atoms with E-state index in [0.29, 0.717) is 6.42 Å². The van der Waals surface area contributed by atoms with E-state index >= 15 is 4.39 Å². The minimum absolute atomic E-state index is 0.0584. The van der Waals surface area contributed by atoms with Crippen LogP contribution in [-0.4, -0.2) is 68.3 Å². The smallest absolute Gasteiger partial charge is 0.388 e. The van der Waals surface area contributed by atoms with Crippen LogP contribution in [-0.2, 0) is 23.4 Å². The number of methoxy groups -OCH3 is 1. The summed E-state index contributed by atoms with van der Waals surface area (Å²) in [4.78, 5) is 43.3. The lowest BCUT2D eigenvalue weighted by molar-refractivity contribution is -0.277. The fraction of sp³-hybridized carbons (Fsp3) is 0.826. The van der Waals surface area contributed by atoms with Crippen LogP contribution >= 0.6 is 7.82 Å². The zero-order valence-electron chi connectivity index (χ0n) is 19.9. The van der Waals surface area contributed by atoms with Gasteiger partial charge in [0.1, 0.15) is 12.2 Å². The van der Waals surface area contributed by atoms with Crippen LogP contribution in [0.2, 0.25) is 0 Å². The van der Waals surface area contributed by atoms with Crippen molar-refractivity contribution in [2.45, 2.75) is 75.9 Å². The third-order valence-corrected chi connectivity index (χ3v) is 10.4. The number of Topliss-reactive ketones (excluding diaryl/α,β-unsaturated/α-hetero) is 1. The predicted molar refractivity (Wildman–Crippen MR) is 117 cm³/mol. The summed E-state index contributed by atoms with van der Waals surface area (Å²) in [5, 5.41) is 23.3. The van der Waals surface area contributed by atoms with Gasteiger partial charge in [0.25, 0.3) is 0 Å². The molecule has 0 bridgehead atoms. The molecule has 3 saturated carbocycles. The number of alkyl halides is 1. The fourth-order valence-corrected chi connectivity index (χ4v) is 8.33. The van der Waals surface area contributed by atoms with Crippen molar-refractivity contribution in [3.63, 3.8) is 0 Å². The molecule has 192 valence electrons. The van der Waals surface area contributed by atoms with E-state index < -0.39 is 71.8 Å². The molecule has 4 rings (SSSR count). The van der Waals surface area contributed by atoms with Crippen molar-refractivity contribution in [1.29, 1.82) is 0 Å². The van der Waals surface area contributed by atoms with Gasteiger partial charge in [-0.2, -0.15) is 0 Å². The Hall–Kier alpha value is -1.00. The Morgan fingerprint density at radius 1 is 1.26 bits per heavy atom. The maximum Gasteiger partial charge on any atom is 0.470 e. The van der Waals surface area contributed by atoms with Crippen LogP contribution in [0.3, 0.4) is 0 Å². The Balaban J connectivity index is 1.79. The van der Waals surface area contributed by atoms with E-state index in [1.807, 2.05) is 0 Å². The van der Waals surface area contributed by atoms with Crippen molar-refractivity contribution in [2.24, 2.45) is 28.6 Å². The third kappa shape index (κ3) is 3.16. The molecule has 0 aliphatic heterocycles. The highest BCUT2D eigenvalue weighted by molar-refractivity contribution is 7.46. The van der Waals surface area contributed by atoms with Gasteiger partial charge in [-0.25, -0.2) is 8.96 Å². The van der Waals surface area contributed by atoms with E-state index in [1.54, 1.807) is 20.8 Å². The molecule has 0 aromatic rings. The molecule has 4 aliphatic carbocycles. The monoisotopic (exact) mass is 504 g/mol. The van der Waals surface area contributed by atoms with Crippen molar-refractivity contribution in [1.82, 2.24) is 0 Å². The van der Waals surface area contributed by atoms with Gasteiger partial charge in [0.05, 0.1) is 17.1 Å². The molecule has 0 radical (unpaired) electrons.